The maximum absolute atomic E-state index is 12.2. The van der Waals surface area contributed by atoms with Gasteiger partial charge >= 0.3 is 5.97 Å². The van der Waals surface area contributed by atoms with Gasteiger partial charge in [0.15, 0.2) is 9.84 Å². The van der Waals surface area contributed by atoms with Crippen molar-refractivity contribution in [3.05, 3.63) is 83.9 Å². The van der Waals surface area contributed by atoms with Crippen LogP contribution in [0.1, 0.15) is 18.1 Å². The first-order chi connectivity index (χ1) is 19.9. The fourth-order valence-electron chi connectivity index (χ4n) is 4.43. The molecule has 0 saturated carbocycles. The molecule has 3 heterocycles. The highest BCUT2D eigenvalue weighted by molar-refractivity contribution is 7.91. The number of carboxylic acid groups (broad SMARTS) is 1. The second-order valence-electron chi connectivity index (χ2n) is 9.48. The minimum absolute atomic E-state index is 0.0253. The molecule has 7 nitrogen and oxygen atoms in total. The van der Waals surface area contributed by atoms with Crippen LogP contribution in [0.5, 0.6) is 0 Å². The van der Waals surface area contributed by atoms with Crippen LogP contribution >= 0.6 is 34.0 Å². The molecule has 0 aliphatic rings. The van der Waals surface area contributed by atoms with Gasteiger partial charge in [-0.25, -0.2) is 21.6 Å². The highest BCUT2D eigenvalue weighted by Crippen LogP contribution is 2.46. The quantitative estimate of drug-likeness (QED) is 0.164. The third kappa shape index (κ3) is 6.14. The largest absolute Gasteiger partial charge is 0.481 e. The third-order valence-electron chi connectivity index (χ3n) is 6.72. The van der Waals surface area contributed by atoms with Crippen molar-refractivity contribution in [3.63, 3.8) is 0 Å². The van der Waals surface area contributed by atoms with Gasteiger partial charge in [-0.2, -0.15) is 0 Å². The minimum Gasteiger partial charge on any atom is -0.481 e. The van der Waals surface area contributed by atoms with Gasteiger partial charge < -0.3 is 5.11 Å². The topological polar surface area (TPSA) is 118 Å². The van der Waals surface area contributed by atoms with Crippen LogP contribution in [0.25, 0.3) is 40.4 Å². The molecule has 3 aromatic heterocycles. The number of sulfonamides is 1. The van der Waals surface area contributed by atoms with Gasteiger partial charge in [0.2, 0.25) is 10.0 Å². The Labute approximate surface area is 257 Å². The molecule has 0 saturated heterocycles. The van der Waals surface area contributed by atoms with Crippen molar-refractivity contribution < 1.29 is 26.7 Å². The maximum atomic E-state index is 12.2. The van der Waals surface area contributed by atoms with Crippen molar-refractivity contribution >= 4 is 59.8 Å². The summed E-state index contributed by atoms with van der Waals surface area (Å²) in [6, 6.07) is 21.5. The Kier molecular flexibility index (Phi) is 8.57. The average Bonchev–Trinajstić information content (AvgIpc) is 3.71. The van der Waals surface area contributed by atoms with E-state index in [1.54, 1.807) is 78.1 Å². The van der Waals surface area contributed by atoms with E-state index >= 15 is 0 Å². The summed E-state index contributed by atoms with van der Waals surface area (Å²) in [6.45, 7) is 3.65. The van der Waals surface area contributed by atoms with Gasteiger partial charge in [0.25, 0.3) is 0 Å². The summed E-state index contributed by atoms with van der Waals surface area (Å²) in [5, 5.41) is 9.58. The van der Waals surface area contributed by atoms with Crippen LogP contribution in [0, 0.1) is 6.92 Å². The van der Waals surface area contributed by atoms with Crippen LogP contribution in [0.3, 0.4) is 0 Å². The molecule has 2 aromatic carbocycles. The summed E-state index contributed by atoms with van der Waals surface area (Å²) >= 11 is 4.70. The lowest BCUT2D eigenvalue weighted by molar-refractivity contribution is -0.136. The van der Waals surface area contributed by atoms with Crippen LogP contribution in [0.15, 0.2) is 82.6 Å². The Morgan fingerprint density at radius 2 is 1.26 bits per heavy atom. The summed E-state index contributed by atoms with van der Waals surface area (Å²) < 4.78 is 50.9. The van der Waals surface area contributed by atoms with Crippen LogP contribution < -0.4 is 4.72 Å². The van der Waals surface area contributed by atoms with Crippen molar-refractivity contribution in [2.24, 2.45) is 0 Å². The normalized spacial score (nSPS) is 12.1. The van der Waals surface area contributed by atoms with E-state index in [0.29, 0.717) is 5.56 Å². The van der Waals surface area contributed by atoms with E-state index in [2.05, 4.69) is 10.8 Å². The number of benzene rings is 2. The maximum Gasteiger partial charge on any atom is 0.307 e. The Morgan fingerprint density at radius 1 is 0.738 bits per heavy atom. The molecular formula is C30H27NO6S5. The number of thiophene rings is 3. The summed E-state index contributed by atoms with van der Waals surface area (Å²) in [6.07, 6.45) is -0.122. The molecule has 12 heteroatoms. The monoisotopic (exact) mass is 657 g/mol. The molecule has 0 atom stereocenters. The van der Waals surface area contributed by atoms with Gasteiger partial charge in [-0.1, -0.05) is 31.2 Å². The number of hydrogen-bond donors (Lipinski definition) is 2. The lowest BCUT2D eigenvalue weighted by Gasteiger charge is -2.03. The molecule has 0 fully saturated rings. The number of aryl methyl sites for hydroxylation is 1. The van der Waals surface area contributed by atoms with E-state index in [0.717, 1.165) is 46.0 Å². The predicted octanol–water partition coefficient (Wildman–Crippen LogP) is 7.18. The number of rotatable bonds is 10. The lowest BCUT2D eigenvalue weighted by Crippen LogP contribution is -2.18. The van der Waals surface area contributed by atoms with Gasteiger partial charge in [0.05, 0.1) is 22.0 Å². The summed E-state index contributed by atoms with van der Waals surface area (Å²) in [4.78, 5) is 18.0. The number of carboxylic acids is 1. The van der Waals surface area contributed by atoms with Crippen molar-refractivity contribution in [1.82, 2.24) is 4.72 Å². The molecule has 0 radical (unpaired) electrons. The van der Waals surface area contributed by atoms with Crippen LogP contribution in [0.4, 0.5) is 0 Å². The van der Waals surface area contributed by atoms with Gasteiger partial charge in [-0.15, -0.1) is 34.0 Å². The zero-order valence-corrected chi connectivity index (χ0v) is 27.0. The molecule has 0 amide bonds. The summed E-state index contributed by atoms with van der Waals surface area (Å²) in [5.41, 5.74) is 3.55. The highest BCUT2D eigenvalue weighted by Gasteiger charge is 2.20. The molecule has 0 bridgehead atoms. The molecular weight excluding hydrogens is 631 g/mol. The second kappa shape index (κ2) is 11.9. The first-order valence-corrected chi connectivity index (χ1v) is 18.4. The summed E-state index contributed by atoms with van der Waals surface area (Å²) in [5.74, 6) is -0.897. The molecule has 0 aliphatic carbocycles. The Morgan fingerprint density at radius 3 is 1.81 bits per heavy atom. The van der Waals surface area contributed by atoms with Crippen LogP contribution in [0.2, 0.25) is 0 Å². The summed E-state index contributed by atoms with van der Waals surface area (Å²) in [7, 11) is -5.43. The fourth-order valence-corrected chi connectivity index (χ4v) is 9.74. The molecule has 5 aromatic rings. The zero-order chi connectivity index (χ0) is 30.2. The number of sulfone groups is 1. The molecule has 0 spiro atoms. The zero-order valence-electron chi connectivity index (χ0n) is 22.9. The Balaban J connectivity index is 1.47. The standard InChI is InChI=1S/C30H27NO6S5/c1-4-41(34,35)22-9-5-20(6-10-22)27-16-21(17-28(32)33)30(40-27)25-14-13-24(38-25)29-18(2)15-26(39-29)19-7-11-23(12-8-19)42(36,37)31-3/h5-16,31H,4,17H2,1-3H3,(H,32,33). The number of aliphatic carboxylic acids is 1. The number of nitrogens with one attached hydrogen (secondary N) is 1. The second-order valence-corrected chi connectivity index (χ2v) is 16.8. The Bertz CT molecular complexity index is 1980. The highest BCUT2D eigenvalue weighted by atomic mass is 32.2. The lowest BCUT2D eigenvalue weighted by atomic mass is 10.1. The molecule has 218 valence electrons. The van der Waals surface area contributed by atoms with Crippen molar-refractivity contribution in [1.29, 1.82) is 0 Å². The molecule has 2 N–H and O–H groups in total. The van der Waals surface area contributed by atoms with Crippen molar-refractivity contribution in [3.8, 4) is 40.4 Å². The van der Waals surface area contributed by atoms with Gasteiger partial charge in [-0.3, -0.25) is 4.79 Å². The minimum atomic E-state index is -3.51. The van der Waals surface area contributed by atoms with Crippen LogP contribution in [-0.4, -0.2) is 40.7 Å². The van der Waals surface area contributed by atoms with Crippen molar-refractivity contribution in [2.75, 3.05) is 12.8 Å². The van der Waals surface area contributed by atoms with E-state index in [4.69, 9.17) is 0 Å². The van der Waals surface area contributed by atoms with E-state index in [9.17, 15) is 26.7 Å². The SMILES string of the molecule is CCS(=O)(=O)c1ccc(-c2cc(CC(=O)O)c(-c3ccc(-c4sc(-c5ccc(S(=O)(=O)NC)cc5)cc4C)s3)s2)cc1. The van der Waals surface area contributed by atoms with Gasteiger partial charge in [-0.05, 0) is 84.8 Å². The molecule has 42 heavy (non-hydrogen) atoms. The smallest absolute Gasteiger partial charge is 0.307 e. The fraction of sp³-hybridized carbons (Fsp3) is 0.167. The Hall–Kier alpha value is -3.13. The number of hydrogen-bond acceptors (Lipinski definition) is 8. The predicted molar refractivity (Wildman–Crippen MR) is 172 cm³/mol. The molecule has 0 aliphatic heterocycles. The van der Waals surface area contributed by atoms with Crippen molar-refractivity contribution in [2.45, 2.75) is 30.1 Å². The first-order valence-electron chi connectivity index (χ1n) is 12.8. The average molecular weight is 658 g/mol. The van der Waals surface area contributed by atoms with Crippen LogP contribution in [-0.2, 0) is 31.1 Å². The van der Waals surface area contributed by atoms with E-state index in [1.807, 2.05) is 25.1 Å². The van der Waals surface area contributed by atoms with Gasteiger partial charge in [0, 0.05) is 29.3 Å². The van der Waals surface area contributed by atoms with E-state index in [-0.39, 0.29) is 22.0 Å². The molecule has 5 rings (SSSR count). The van der Waals surface area contributed by atoms with Gasteiger partial charge in [0.1, 0.15) is 0 Å². The van der Waals surface area contributed by atoms with E-state index in [1.165, 1.54) is 18.4 Å². The van der Waals surface area contributed by atoms with E-state index < -0.39 is 25.8 Å². The first kappa shape index (κ1) is 30.3. The number of carbonyl (C=O) groups is 1. The third-order valence-corrected chi connectivity index (χ3v) is 13.9. The molecule has 0 unspecified atom stereocenters.